The van der Waals surface area contributed by atoms with E-state index in [1.807, 2.05) is 31.0 Å². The number of hydrogen-bond donors (Lipinski definition) is 0. The molecule has 33 heavy (non-hydrogen) atoms. The Morgan fingerprint density at radius 1 is 1.06 bits per heavy atom. The molecule has 5 rings (SSSR count). The van der Waals surface area contributed by atoms with Crippen LogP contribution in [0.2, 0.25) is 0 Å². The number of nitrogens with zero attached hydrogens (tertiary/aromatic N) is 5. The van der Waals surface area contributed by atoms with Gasteiger partial charge in [-0.2, -0.15) is 0 Å². The number of carbonyl (C=O) groups excluding carboxylic acids is 1. The van der Waals surface area contributed by atoms with Crippen molar-refractivity contribution in [3.05, 3.63) is 69.2 Å². The molecule has 0 atom stereocenters. The van der Waals surface area contributed by atoms with Crippen LogP contribution in [0.1, 0.15) is 22.4 Å². The smallest absolute Gasteiger partial charge is 0.262 e. The number of aromatic nitrogens is 3. The van der Waals surface area contributed by atoms with E-state index in [1.54, 1.807) is 22.2 Å². The fourth-order valence-electron chi connectivity index (χ4n) is 4.49. The van der Waals surface area contributed by atoms with Gasteiger partial charge in [0.05, 0.1) is 17.2 Å². The van der Waals surface area contributed by atoms with Crippen molar-refractivity contribution >= 4 is 38.4 Å². The maximum absolute atomic E-state index is 12.9. The first-order valence-electron chi connectivity index (χ1n) is 11.3. The minimum absolute atomic E-state index is 0.0526. The van der Waals surface area contributed by atoms with Gasteiger partial charge in [0, 0.05) is 62.1 Å². The largest absolute Gasteiger partial charge is 0.340 e. The summed E-state index contributed by atoms with van der Waals surface area (Å²) in [7, 11) is 0. The van der Waals surface area contributed by atoms with Crippen LogP contribution in [0.25, 0.3) is 21.1 Å². The molecule has 0 aliphatic carbocycles. The summed E-state index contributed by atoms with van der Waals surface area (Å²) in [6.07, 6.45) is 3.72. The summed E-state index contributed by atoms with van der Waals surface area (Å²) >= 11 is 1.54. The molecule has 170 valence electrons. The number of thiophene rings is 1. The third kappa shape index (κ3) is 4.28. The predicted molar refractivity (Wildman–Crippen MR) is 132 cm³/mol. The number of pyridine rings is 1. The van der Waals surface area contributed by atoms with E-state index < -0.39 is 0 Å². The molecular formula is C25H27N5O2S. The molecule has 0 radical (unpaired) electrons. The Kier molecular flexibility index (Phi) is 5.95. The average Bonchev–Trinajstić information content (AvgIpc) is 3.13. The van der Waals surface area contributed by atoms with Crippen molar-refractivity contribution in [2.24, 2.45) is 0 Å². The SMILES string of the molecule is Cc1sc2ncn(CCC(=O)N3CCN(Cc4cccc5cccnc45)CC3)c(=O)c2c1C. The van der Waals surface area contributed by atoms with E-state index in [9.17, 15) is 9.59 Å². The number of para-hydroxylation sites is 1. The predicted octanol–water partition coefficient (Wildman–Crippen LogP) is 3.36. The highest BCUT2D eigenvalue weighted by molar-refractivity contribution is 7.18. The Balaban J connectivity index is 1.18. The van der Waals surface area contributed by atoms with Crippen LogP contribution >= 0.6 is 11.3 Å². The van der Waals surface area contributed by atoms with Gasteiger partial charge in [0.1, 0.15) is 4.83 Å². The summed E-state index contributed by atoms with van der Waals surface area (Å²) in [6.45, 7) is 8.21. The molecule has 0 spiro atoms. The topological polar surface area (TPSA) is 71.3 Å². The number of benzene rings is 1. The number of hydrogen-bond acceptors (Lipinski definition) is 6. The van der Waals surface area contributed by atoms with Gasteiger partial charge in [0.15, 0.2) is 0 Å². The summed E-state index contributed by atoms with van der Waals surface area (Å²) in [4.78, 5) is 40.8. The van der Waals surface area contributed by atoms with Crippen LogP contribution in [0.5, 0.6) is 0 Å². The monoisotopic (exact) mass is 461 g/mol. The minimum atomic E-state index is -0.0526. The summed E-state index contributed by atoms with van der Waals surface area (Å²) in [5.74, 6) is 0.0895. The van der Waals surface area contributed by atoms with E-state index in [0.29, 0.717) is 31.4 Å². The molecule has 3 aromatic heterocycles. The summed E-state index contributed by atoms with van der Waals surface area (Å²) in [5, 5.41) is 1.84. The highest BCUT2D eigenvalue weighted by atomic mass is 32.1. The minimum Gasteiger partial charge on any atom is -0.340 e. The van der Waals surface area contributed by atoms with Gasteiger partial charge in [-0.25, -0.2) is 4.98 Å². The van der Waals surface area contributed by atoms with E-state index >= 15 is 0 Å². The van der Waals surface area contributed by atoms with Crippen molar-refractivity contribution in [2.45, 2.75) is 33.4 Å². The Hall–Kier alpha value is -3.10. The maximum Gasteiger partial charge on any atom is 0.262 e. The first-order chi connectivity index (χ1) is 16.0. The molecule has 4 aromatic rings. The van der Waals surface area contributed by atoms with Crippen molar-refractivity contribution < 1.29 is 4.79 Å². The van der Waals surface area contributed by atoms with Gasteiger partial charge < -0.3 is 4.90 Å². The van der Waals surface area contributed by atoms with Gasteiger partial charge in [-0.3, -0.25) is 24.0 Å². The normalized spacial score (nSPS) is 14.9. The number of carbonyl (C=O) groups is 1. The highest BCUT2D eigenvalue weighted by Gasteiger charge is 2.22. The van der Waals surface area contributed by atoms with Crippen LogP contribution < -0.4 is 5.56 Å². The van der Waals surface area contributed by atoms with E-state index in [2.05, 4.69) is 39.1 Å². The number of aryl methyl sites for hydroxylation is 3. The molecule has 8 heteroatoms. The molecule has 1 aliphatic rings. The van der Waals surface area contributed by atoms with Gasteiger partial charge in [-0.05, 0) is 31.0 Å². The zero-order chi connectivity index (χ0) is 22.9. The fourth-order valence-corrected chi connectivity index (χ4v) is 5.48. The van der Waals surface area contributed by atoms with E-state index in [1.165, 1.54) is 5.56 Å². The number of piperazine rings is 1. The molecule has 1 fully saturated rings. The summed E-state index contributed by atoms with van der Waals surface area (Å²) < 4.78 is 1.57. The number of amides is 1. The lowest BCUT2D eigenvalue weighted by molar-refractivity contribution is -0.133. The van der Waals surface area contributed by atoms with Gasteiger partial charge in [0.25, 0.3) is 5.56 Å². The second-order valence-electron chi connectivity index (χ2n) is 8.61. The van der Waals surface area contributed by atoms with Crippen molar-refractivity contribution in [3.63, 3.8) is 0 Å². The van der Waals surface area contributed by atoms with Crippen molar-refractivity contribution in [2.75, 3.05) is 26.2 Å². The van der Waals surface area contributed by atoms with Gasteiger partial charge in [-0.1, -0.05) is 24.3 Å². The van der Waals surface area contributed by atoms with Crippen LogP contribution in [0.3, 0.4) is 0 Å². The van der Waals surface area contributed by atoms with Crippen LogP contribution in [0.4, 0.5) is 0 Å². The van der Waals surface area contributed by atoms with E-state index in [0.717, 1.165) is 45.8 Å². The van der Waals surface area contributed by atoms with Crippen LogP contribution in [-0.2, 0) is 17.9 Å². The molecule has 1 amide bonds. The zero-order valence-corrected chi connectivity index (χ0v) is 19.8. The lowest BCUT2D eigenvalue weighted by atomic mass is 10.1. The molecule has 0 unspecified atom stereocenters. The van der Waals surface area contributed by atoms with Crippen LogP contribution in [-0.4, -0.2) is 56.4 Å². The third-order valence-electron chi connectivity index (χ3n) is 6.56. The molecule has 1 aliphatic heterocycles. The van der Waals surface area contributed by atoms with Crippen molar-refractivity contribution in [3.8, 4) is 0 Å². The fraction of sp³-hybridized carbons (Fsp3) is 0.360. The summed E-state index contributed by atoms with van der Waals surface area (Å²) in [6, 6.07) is 10.3. The van der Waals surface area contributed by atoms with Gasteiger partial charge in [-0.15, -0.1) is 11.3 Å². The summed E-state index contributed by atoms with van der Waals surface area (Å²) in [5.41, 5.74) is 3.20. The molecule has 1 aromatic carbocycles. The van der Waals surface area contributed by atoms with E-state index in [4.69, 9.17) is 0 Å². The second kappa shape index (κ2) is 9.03. The van der Waals surface area contributed by atoms with Gasteiger partial charge in [0.2, 0.25) is 5.91 Å². The molecule has 7 nitrogen and oxygen atoms in total. The second-order valence-corrected chi connectivity index (χ2v) is 9.81. The lowest BCUT2D eigenvalue weighted by Gasteiger charge is -2.35. The quantitative estimate of drug-likeness (QED) is 0.456. The Morgan fingerprint density at radius 2 is 1.85 bits per heavy atom. The van der Waals surface area contributed by atoms with E-state index in [-0.39, 0.29) is 11.5 Å². The van der Waals surface area contributed by atoms with Gasteiger partial charge >= 0.3 is 0 Å². The molecule has 4 heterocycles. The van der Waals surface area contributed by atoms with Crippen molar-refractivity contribution in [1.82, 2.24) is 24.3 Å². The zero-order valence-electron chi connectivity index (χ0n) is 19.0. The number of rotatable bonds is 5. The average molecular weight is 462 g/mol. The molecule has 0 saturated carbocycles. The highest BCUT2D eigenvalue weighted by Crippen LogP contribution is 2.25. The standard InChI is InChI=1S/C25H27N5O2S/c1-17-18(2)33-24-22(17)25(32)30(16-27-24)10-8-21(31)29-13-11-28(12-14-29)15-20-6-3-5-19-7-4-9-26-23(19)20/h3-7,9,16H,8,10-15H2,1-2H3. The first kappa shape index (κ1) is 21.7. The number of fused-ring (bicyclic) bond motifs is 2. The van der Waals surface area contributed by atoms with Crippen LogP contribution in [0, 0.1) is 13.8 Å². The Bertz CT molecular complexity index is 1380. The Labute approximate surface area is 196 Å². The maximum atomic E-state index is 12.9. The molecule has 0 bridgehead atoms. The Morgan fingerprint density at radius 3 is 2.67 bits per heavy atom. The molecule has 1 saturated heterocycles. The molecular weight excluding hydrogens is 434 g/mol. The van der Waals surface area contributed by atoms with Crippen LogP contribution in [0.15, 0.2) is 47.7 Å². The first-order valence-corrected chi connectivity index (χ1v) is 12.1. The third-order valence-corrected chi connectivity index (χ3v) is 7.67. The van der Waals surface area contributed by atoms with Crippen molar-refractivity contribution in [1.29, 1.82) is 0 Å². The lowest BCUT2D eigenvalue weighted by Crippen LogP contribution is -2.48. The molecule has 0 N–H and O–H groups in total.